The Bertz CT molecular complexity index is 733. The molecule has 1 aromatic rings. The third kappa shape index (κ3) is 6.39. The highest BCUT2D eigenvalue weighted by Gasteiger charge is 2.29. The summed E-state index contributed by atoms with van der Waals surface area (Å²) < 4.78 is 41.3. The maximum absolute atomic E-state index is 12.3. The van der Waals surface area contributed by atoms with Gasteiger partial charge in [-0.1, -0.05) is 0 Å². The number of rotatable bonds is 7. The molecule has 0 bridgehead atoms. The minimum Gasteiger partial charge on any atom is -0.484 e. The van der Waals surface area contributed by atoms with Gasteiger partial charge in [0.25, 0.3) is 11.6 Å². The summed E-state index contributed by atoms with van der Waals surface area (Å²) in [6, 6.07) is 2.77. The van der Waals surface area contributed by atoms with Crippen molar-refractivity contribution in [2.45, 2.75) is 31.9 Å². The summed E-state index contributed by atoms with van der Waals surface area (Å²) in [5, 5.41) is 13.5. The van der Waals surface area contributed by atoms with Gasteiger partial charge in [-0.25, -0.2) is 0 Å². The van der Waals surface area contributed by atoms with Crippen molar-refractivity contribution in [1.29, 1.82) is 0 Å². The molecule has 0 radical (unpaired) electrons. The molecule has 1 saturated heterocycles. The zero-order valence-corrected chi connectivity index (χ0v) is 15.0. The zero-order chi connectivity index (χ0) is 20.7. The fourth-order valence-corrected chi connectivity index (χ4v) is 2.79. The summed E-state index contributed by atoms with van der Waals surface area (Å²) in [6.45, 7) is -0.303. The van der Waals surface area contributed by atoms with Crippen LogP contribution in [-0.4, -0.2) is 54.1 Å². The van der Waals surface area contributed by atoms with Crippen molar-refractivity contribution >= 4 is 17.5 Å². The Morgan fingerprint density at radius 3 is 2.50 bits per heavy atom. The van der Waals surface area contributed by atoms with E-state index in [0.717, 1.165) is 37.5 Å². The SMILES string of the molecule is O=C(NCCC(=O)N1CCCCC1)c1cc(OCC(F)(F)F)ccc1[N+](=O)[O-]. The van der Waals surface area contributed by atoms with E-state index in [-0.39, 0.29) is 24.6 Å². The molecule has 0 spiro atoms. The van der Waals surface area contributed by atoms with Gasteiger partial charge in [-0.05, 0) is 31.4 Å². The summed E-state index contributed by atoms with van der Waals surface area (Å²) in [7, 11) is 0. The van der Waals surface area contributed by atoms with E-state index in [9.17, 15) is 32.9 Å². The van der Waals surface area contributed by atoms with Crippen LogP contribution in [0, 0.1) is 10.1 Å². The number of nitro benzene ring substituents is 1. The highest BCUT2D eigenvalue weighted by atomic mass is 19.4. The standard InChI is InChI=1S/C17H20F3N3O5/c18-17(19,20)11-28-12-4-5-14(23(26)27)13(10-12)16(25)21-7-6-15(24)22-8-2-1-3-9-22/h4-5,10H,1-3,6-9,11H2,(H,21,25). The maximum atomic E-state index is 12.3. The van der Waals surface area contributed by atoms with Gasteiger partial charge in [-0.15, -0.1) is 0 Å². The molecule has 1 aliphatic rings. The minimum absolute atomic E-state index is 0.0315. The van der Waals surface area contributed by atoms with Gasteiger partial charge in [0, 0.05) is 32.1 Å². The van der Waals surface area contributed by atoms with Gasteiger partial charge in [0.15, 0.2) is 6.61 Å². The molecule has 1 aliphatic heterocycles. The third-order valence-corrected chi connectivity index (χ3v) is 4.15. The van der Waals surface area contributed by atoms with Crippen molar-refractivity contribution < 1.29 is 32.4 Å². The van der Waals surface area contributed by atoms with Crippen LogP contribution in [0.25, 0.3) is 0 Å². The van der Waals surface area contributed by atoms with E-state index in [0.29, 0.717) is 13.1 Å². The molecule has 28 heavy (non-hydrogen) atoms. The lowest BCUT2D eigenvalue weighted by Gasteiger charge is -2.26. The normalized spacial score (nSPS) is 14.5. The summed E-state index contributed by atoms with van der Waals surface area (Å²) in [5.74, 6) is -1.31. The Kier molecular flexibility index (Phi) is 7.18. The number of carbonyl (C=O) groups is 2. The van der Waals surface area contributed by atoms with E-state index in [4.69, 9.17) is 0 Å². The molecule has 0 aromatic heterocycles. The predicted molar refractivity (Wildman–Crippen MR) is 92.0 cm³/mol. The Morgan fingerprint density at radius 1 is 1.21 bits per heavy atom. The minimum atomic E-state index is -4.58. The molecule has 154 valence electrons. The molecule has 8 nitrogen and oxygen atoms in total. The average Bonchev–Trinajstić information content (AvgIpc) is 2.66. The number of ether oxygens (including phenoxy) is 1. The second kappa shape index (κ2) is 9.38. The summed E-state index contributed by atoms with van der Waals surface area (Å²) in [5.41, 5.74) is -1.01. The first-order valence-corrected chi connectivity index (χ1v) is 8.71. The highest BCUT2D eigenvalue weighted by Crippen LogP contribution is 2.26. The van der Waals surface area contributed by atoms with E-state index < -0.39 is 34.9 Å². The smallest absolute Gasteiger partial charge is 0.422 e. The number of hydrogen-bond acceptors (Lipinski definition) is 5. The number of hydrogen-bond donors (Lipinski definition) is 1. The van der Waals surface area contributed by atoms with Crippen LogP contribution in [0.5, 0.6) is 5.75 Å². The van der Waals surface area contributed by atoms with Gasteiger partial charge in [0.1, 0.15) is 11.3 Å². The molecule has 0 aliphatic carbocycles. The van der Waals surface area contributed by atoms with Crippen LogP contribution in [-0.2, 0) is 4.79 Å². The van der Waals surface area contributed by atoms with Crippen LogP contribution in [0.4, 0.5) is 18.9 Å². The van der Waals surface area contributed by atoms with Crippen molar-refractivity contribution in [2.24, 2.45) is 0 Å². The predicted octanol–water partition coefficient (Wildman–Crippen LogP) is 2.67. The van der Waals surface area contributed by atoms with Crippen LogP contribution >= 0.6 is 0 Å². The zero-order valence-electron chi connectivity index (χ0n) is 15.0. The van der Waals surface area contributed by atoms with Crippen molar-refractivity contribution in [2.75, 3.05) is 26.2 Å². The van der Waals surface area contributed by atoms with Crippen molar-refractivity contribution in [3.8, 4) is 5.75 Å². The van der Waals surface area contributed by atoms with Gasteiger partial charge in [-0.3, -0.25) is 19.7 Å². The molecular weight excluding hydrogens is 383 g/mol. The number of benzene rings is 1. The number of nitrogens with one attached hydrogen (secondary N) is 1. The fraction of sp³-hybridized carbons (Fsp3) is 0.529. The maximum Gasteiger partial charge on any atom is 0.422 e. The number of nitro groups is 1. The Balaban J connectivity index is 1.99. The van der Waals surface area contributed by atoms with Gasteiger partial charge in [0.05, 0.1) is 4.92 Å². The molecule has 11 heteroatoms. The number of carbonyl (C=O) groups excluding carboxylic acids is 2. The molecule has 2 rings (SSSR count). The van der Waals surface area contributed by atoms with E-state index in [2.05, 4.69) is 10.1 Å². The first-order valence-electron chi connectivity index (χ1n) is 8.71. The van der Waals surface area contributed by atoms with Gasteiger partial charge in [0.2, 0.25) is 5.91 Å². The lowest BCUT2D eigenvalue weighted by Crippen LogP contribution is -2.37. The topological polar surface area (TPSA) is 102 Å². The third-order valence-electron chi connectivity index (χ3n) is 4.15. The van der Waals surface area contributed by atoms with Crippen LogP contribution in [0.1, 0.15) is 36.0 Å². The molecule has 1 aromatic carbocycles. The highest BCUT2D eigenvalue weighted by molar-refractivity contribution is 5.98. The second-order valence-corrected chi connectivity index (χ2v) is 6.29. The van der Waals surface area contributed by atoms with E-state index >= 15 is 0 Å². The first-order chi connectivity index (χ1) is 13.2. The van der Waals surface area contributed by atoms with Crippen LogP contribution in [0.3, 0.4) is 0 Å². The largest absolute Gasteiger partial charge is 0.484 e. The van der Waals surface area contributed by atoms with Gasteiger partial charge < -0.3 is 15.0 Å². The number of halogens is 3. The molecule has 1 N–H and O–H groups in total. The fourth-order valence-electron chi connectivity index (χ4n) is 2.79. The lowest BCUT2D eigenvalue weighted by atomic mass is 10.1. The number of nitrogens with zero attached hydrogens (tertiary/aromatic N) is 2. The number of piperidine rings is 1. The molecule has 2 amide bonds. The molecule has 0 saturated carbocycles. The molecular formula is C17H20F3N3O5. The number of amides is 2. The molecule has 0 unspecified atom stereocenters. The van der Waals surface area contributed by atoms with Crippen molar-refractivity contribution in [3.63, 3.8) is 0 Å². The van der Waals surface area contributed by atoms with Crippen LogP contribution < -0.4 is 10.1 Å². The number of likely N-dealkylation sites (tertiary alicyclic amines) is 1. The van der Waals surface area contributed by atoms with Crippen molar-refractivity contribution in [1.82, 2.24) is 10.2 Å². The van der Waals surface area contributed by atoms with E-state index in [1.165, 1.54) is 0 Å². The summed E-state index contributed by atoms with van der Waals surface area (Å²) in [4.78, 5) is 36.3. The molecule has 1 fully saturated rings. The lowest BCUT2D eigenvalue weighted by molar-refractivity contribution is -0.385. The average molecular weight is 403 g/mol. The van der Waals surface area contributed by atoms with Crippen molar-refractivity contribution in [3.05, 3.63) is 33.9 Å². The number of alkyl halides is 3. The van der Waals surface area contributed by atoms with Gasteiger partial charge in [-0.2, -0.15) is 13.2 Å². The Labute approximate surface area is 158 Å². The van der Waals surface area contributed by atoms with E-state index in [1.54, 1.807) is 4.90 Å². The summed E-state index contributed by atoms with van der Waals surface area (Å²) in [6.07, 6.45) is -1.64. The van der Waals surface area contributed by atoms with Gasteiger partial charge >= 0.3 is 6.18 Å². The second-order valence-electron chi connectivity index (χ2n) is 6.29. The Morgan fingerprint density at radius 2 is 1.89 bits per heavy atom. The molecule has 1 heterocycles. The molecule has 0 atom stereocenters. The van der Waals surface area contributed by atoms with Crippen LogP contribution in [0.15, 0.2) is 18.2 Å². The summed E-state index contributed by atoms with van der Waals surface area (Å²) >= 11 is 0. The monoisotopic (exact) mass is 403 g/mol. The van der Waals surface area contributed by atoms with Crippen LogP contribution in [0.2, 0.25) is 0 Å². The van der Waals surface area contributed by atoms with E-state index in [1.807, 2.05) is 0 Å². The Hall–Kier alpha value is -2.85. The quantitative estimate of drug-likeness (QED) is 0.557. The first kappa shape index (κ1) is 21.5.